The topological polar surface area (TPSA) is 78.9 Å². The van der Waals surface area contributed by atoms with E-state index in [1.165, 1.54) is 154 Å². The van der Waals surface area contributed by atoms with Gasteiger partial charge >= 0.3 is 17.9 Å². The van der Waals surface area contributed by atoms with Crippen molar-refractivity contribution in [1.82, 2.24) is 0 Å². The zero-order valence-electron chi connectivity index (χ0n) is 45.1. The molecule has 0 aliphatic heterocycles. The average molecular weight is 952 g/mol. The van der Waals surface area contributed by atoms with Crippen LogP contribution >= 0.6 is 0 Å². The fourth-order valence-corrected chi connectivity index (χ4v) is 8.41. The quantitative estimate of drug-likeness (QED) is 0.0262. The molecule has 0 aliphatic rings. The van der Waals surface area contributed by atoms with E-state index in [9.17, 15) is 14.4 Å². The summed E-state index contributed by atoms with van der Waals surface area (Å²) >= 11 is 0. The normalized spacial score (nSPS) is 12.5. The molecule has 1 atom stereocenters. The summed E-state index contributed by atoms with van der Waals surface area (Å²) in [5.74, 6) is -0.881. The van der Waals surface area contributed by atoms with Crippen molar-refractivity contribution in [2.45, 2.75) is 303 Å². The Morgan fingerprint density at radius 2 is 0.574 bits per heavy atom. The molecule has 0 aromatic carbocycles. The van der Waals surface area contributed by atoms with E-state index in [1.54, 1.807) is 0 Å². The van der Waals surface area contributed by atoms with Crippen molar-refractivity contribution in [3.8, 4) is 0 Å². The van der Waals surface area contributed by atoms with E-state index in [4.69, 9.17) is 14.2 Å². The lowest BCUT2D eigenvalue weighted by molar-refractivity contribution is -0.167. The standard InChI is InChI=1S/C62H110O6/c1-4-7-10-13-15-17-19-21-23-25-27-29-30-31-32-33-35-36-38-40-42-44-46-49-52-55-61(64)67-58-59(57-66-60(63)54-51-48-12-9-6-3)68-62(65)56-53-50-47-45-43-41-39-37-34-28-26-24-22-20-18-16-14-11-8-5-2/h7,10,15,17,21,23,27,29,31-32,59H,4-6,8-9,11-14,16,18-20,22,24-26,28,30,33-58H2,1-3H3/b10-7-,17-15-,23-21-,29-27-,32-31-. The van der Waals surface area contributed by atoms with Gasteiger partial charge in [0.25, 0.3) is 0 Å². The number of allylic oxidation sites excluding steroid dienone is 10. The Kier molecular flexibility index (Phi) is 54.3. The van der Waals surface area contributed by atoms with E-state index in [2.05, 4.69) is 81.5 Å². The summed E-state index contributed by atoms with van der Waals surface area (Å²) < 4.78 is 16.7. The lowest BCUT2D eigenvalue weighted by Gasteiger charge is -2.18. The van der Waals surface area contributed by atoms with Crippen molar-refractivity contribution in [2.75, 3.05) is 13.2 Å². The Balaban J connectivity index is 4.08. The molecule has 68 heavy (non-hydrogen) atoms. The Bertz CT molecular complexity index is 1230. The molecular weight excluding hydrogens is 841 g/mol. The monoisotopic (exact) mass is 951 g/mol. The fourth-order valence-electron chi connectivity index (χ4n) is 8.41. The third kappa shape index (κ3) is 54.1. The number of carbonyl (C=O) groups is 3. The van der Waals surface area contributed by atoms with Crippen LogP contribution in [0.2, 0.25) is 0 Å². The maximum atomic E-state index is 12.8. The molecule has 0 aromatic rings. The molecule has 0 rings (SSSR count). The number of carbonyl (C=O) groups excluding carboxylic acids is 3. The van der Waals surface area contributed by atoms with Crippen LogP contribution in [-0.4, -0.2) is 37.2 Å². The van der Waals surface area contributed by atoms with Gasteiger partial charge in [-0.3, -0.25) is 14.4 Å². The minimum Gasteiger partial charge on any atom is -0.462 e. The summed E-state index contributed by atoms with van der Waals surface area (Å²) in [4.78, 5) is 37.8. The first-order valence-electron chi connectivity index (χ1n) is 29.3. The first-order valence-corrected chi connectivity index (χ1v) is 29.3. The van der Waals surface area contributed by atoms with E-state index in [0.29, 0.717) is 19.3 Å². The predicted octanol–water partition coefficient (Wildman–Crippen LogP) is 19.6. The van der Waals surface area contributed by atoms with Crippen molar-refractivity contribution < 1.29 is 28.6 Å². The number of unbranched alkanes of at least 4 members (excludes halogenated alkanes) is 32. The van der Waals surface area contributed by atoms with E-state index in [0.717, 1.165) is 103 Å². The van der Waals surface area contributed by atoms with Gasteiger partial charge in [-0.25, -0.2) is 0 Å². The molecule has 0 saturated carbocycles. The Hall–Kier alpha value is -2.89. The van der Waals surface area contributed by atoms with Gasteiger partial charge in [-0.05, 0) is 64.2 Å². The number of esters is 3. The first kappa shape index (κ1) is 65.1. The van der Waals surface area contributed by atoms with Crippen LogP contribution in [0.5, 0.6) is 0 Å². The molecule has 6 heteroatoms. The van der Waals surface area contributed by atoms with Crippen molar-refractivity contribution in [3.63, 3.8) is 0 Å². The van der Waals surface area contributed by atoms with E-state index in [-0.39, 0.29) is 31.1 Å². The van der Waals surface area contributed by atoms with E-state index in [1.807, 2.05) is 0 Å². The molecule has 394 valence electrons. The van der Waals surface area contributed by atoms with E-state index < -0.39 is 6.10 Å². The summed E-state index contributed by atoms with van der Waals surface area (Å²) in [6.07, 6.45) is 71.2. The highest BCUT2D eigenvalue weighted by atomic mass is 16.6. The third-order valence-corrected chi connectivity index (χ3v) is 12.8. The predicted molar refractivity (Wildman–Crippen MR) is 293 cm³/mol. The highest BCUT2D eigenvalue weighted by Gasteiger charge is 2.19. The zero-order valence-corrected chi connectivity index (χ0v) is 45.1. The molecule has 0 spiro atoms. The zero-order chi connectivity index (χ0) is 49.3. The largest absolute Gasteiger partial charge is 0.462 e. The van der Waals surface area contributed by atoms with Crippen LogP contribution in [0, 0.1) is 0 Å². The molecule has 0 aliphatic carbocycles. The van der Waals surface area contributed by atoms with Crippen LogP contribution in [-0.2, 0) is 28.6 Å². The van der Waals surface area contributed by atoms with Crippen LogP contribution in [0.3, 0.4) is 0 Å². The van der Waals surface area contributed by atoms with Crippen molar-refractivity contribution in [3.05, 3.63) is 60.8 Å². The highest BCUT2D eigenvalue weighted by Crippen LogP contribution is 2.17. The smallest absolute Gasteiger partial charge is 0.306 e. The minimum absolute atomic E-state index is 0.0740. The average Bonchev–Trinajstić information content (AvgIpc) is 3.34. The van der Waals surface area contributed by atoms with Gasteiger partial charge in [0.15, 0.2) is 6.10 Å². The highest BCUT2D eigenvalue weighted by molar-refractivity contribution is 5.71. The van der Waals surface area contributed by atoms with Gasteiger partial charge < -0.3 is 14.2 Å². The number of hydrogen-bond donors (Lipinski definition) is 0. The summed E-state index contributed by atoms with van der Waals surface area (Å²) in [6.45, 7) is 6.47. The molecule has 0 radical (unpaired) electrons. The first-order chi connectivity index (χ1) is 33.5. The SMILES string of the molecule is CC/C=C\C/C=C\C/C=C\C/C=C\C/C=C\CCCCCCCCCCCC(=O)OCC(COC(=O)CCCCCCC)OC(=O)CCCCCCCCCCCCCCCCCCCCCC. The summed E-state index contributed by atoms with van der Waals surface area (Å²) in [7, 11) is 0. The van der Waals surface area contributed by atoms with Crippen molar-refractivity contribution in [2.24, 2.45) is 0 Å². The van der Waals surface area contributed by atoms with Gasteiger partial charge in [0.2, 0.25) is 0 Å². The third-order valence-electron chi connectivity index (χ3n) is 12.8. The van der Waals surface area contributed by atoms with Crippen LogP contribution in [0.4, 0.5) is 0 Å². The minimum atomic E-state index is -0.771. The van der Waals surface area contributed by atoms with Gasteiger partial charge in [-0.1, -0.05) is 274 Å². The van der Waals surface area contributed by atoms with E-state index >= 15 is 0 Å². The molecule has 0 fully saturated rings. The molecule has 6 nitrogen and oxygen atoms in total. The van der Waals surface area contributed by atoms with Gasteiger partial charge in [0.05, 0.1) is 0 Å². The maximum Gasteiger partial charge on any atom is 0.306 e. The second kappa shape index (κ2) is 56.7. The molecular formula is C62H110O6. The number of rotatable bonds is 53. The summed E-state index contributed by atoms with van der Waals surface area (Å²) in [5, 5.41) is 0. The van der Waals surface area contributed by atoms with Gasteiger partial charge in [0, 0.05) is 19.3 Å². The van der Waals surface area contributed by atoms with Crippen LogP contribution < -0.4 is 0 Å². The fraction of sp³-hybridized carbons (Fsp3) is 0.790. The Morgan fingerprint density at radius 3 is 0.897 bits per heavy atom. The Morgan fingerprint density at radius 1 is 0.309 bits per heavy atom. The lowest BCUT2D eigenvalue weighted by Crippen LogP contribution is -2.30. The van der Waals surface area contributed by atoms with Crippen LogP contribution in [0.25, 0.3) is 0 Å². The number of ether oxygens (including phenoxy) is 3. The maximum absolute atomic E-state index is 12.8. The lowest BCUT2D eigenvalue weighted by atomic mass is 10.0. The summed E-state index contributed by atoms with van der Waals surface area (Å²) in [5.41, 5.74) is 0. The van der Waals surface area contributed by atoms with Crippen LogP contribution in [0.1, 0.15) is 297 Å². The second-order valence-electron chi connectivity index (χ2n) is 19.5. The molecule has 0 heterocycles. The molecule has 0 saturated heterocycles. The van der Waals surface area contributed by atoms with Crippen molar-refractivity contribution in [1.29, 1.82) is 0 Å². The van der Waals surface area contributed by atoms with Crippen molar-refractivity contribution >= 4 is 17.9 Å². The molecule has 1 unspecified atom stereocenters. The molecule has 0 amide bonds. The summed E-state index contributed by atoms with van der Waals surface area (Å²) in [6, 6.07) is 0. The molecule has 0 aromatic heterocycles. The van der Waals surface area contributed by atoms with Gasteiger partial charge in [-0.2, -0.15) is 0 Å². The van der Waals surface area contributed by atoms with Gasteiger partial charge in [-0.15, -0.1) is 0 Å². The Labute approximate surface area is 421 Å². The molecule has 0 bridgehead atoms. The van der Waals surface area contributed by atoms with Crippen LogP contribution in [0.15, 0.2) is 60.8 Å². The number of hydrogen-bond acceptors (Lipinski definition) is 6. The second-order valence-corrected chi connectivity index (χ2v) is 19.5. The van der Waals surface area contributed by atoms with Gasteiger partial charge in [0.1, 0.15) is 13.2 Å². The molecule has 0 N–H and O–H groups in total.